The summed E-state index contributed by atoms with van der Waals surface area (Å²) >= 11 is 0. The number of aliphatic hydroxyl groups excluding tert-OH is 1. The molecule has 0 spiro atoms. The fourth-order valence-corrected chi connectivity index (χ4v) is 2.94. The van der Waals surface area contributed by atoms with Gasteiger partial charge in [0, 0.05) is 24.8 Å². The van der Waals surface area contributed by atoms with E-state index in [1.54, 1.807) is 30.5 Å². The lowest BCUT2D eigenvalue weighted by Gasteiger charge is -2.30. The van der Waals surface area contributed by atoms with E-state index < -0.39 is 5.97 Å². The second kappa shape index (κ2) is 7.48. The maximum Gasteiger partial charge on any atom is 0.339 e. The van der Waals surface area contributed by atoms with Crippen molar-refractivity contribution in [3.05, 3.63) is 36.0 Å². The Morgan fingerprint density at radius 2 is 2.24 bits per heavy atom. The minimum absolute atomic E-state index is 0.105. The highest BCUT2D eigenvalue weighted by Gasteiger charge is 2.20. The molecular weight excluding hydrogens is 322 g/mol. The number of hydrogen-bond acceptors (Lipinski definition) is 6. The predicted octanol–water partition coefficient (Wildman–Crippen LogP) is 2.20. The Morgan fingerprint density at radius 1 is 1.40 bits per heavy atom. The van der Waals surface area contributed by atoms with Crippen LogP contribution in [0, 0.1) is 0 Å². The molecule has 1 fully saturated rings. The van der Waals surface area contributed by atoms with Crippen LogP contribution in [0.25, 0.3) is 11.3 Å². The van der Waals surface area contributed by atoms with Gasteiger partial charge in [-0.15, -0.1) is 0 Å². The second-order valence-electron chi connectivity index (χ2n) is 5.93. The number of ether oxygens (including phenoxy) is 1. The first kappa shape index (κ1) is 17.2. The molecule has 3 rings (SSSR count). The van der Waals surface area contributed by atoms with Crippen molar-refractivity contribution in [2.45, 2.75) is 25.9 Å². The van der Waals surface area contributed by atoms with Gasteiger partial charge in [-0.05, 0) is 44.0 Å². The van der Waals surface area contributed by atoms with E-state index in [0.717, 1.165) is 19.4 Å². The molecule has 0 unspecified atom stereocenters. The van der Waals surface area contributed by atoms with Gasteiger partial charge < -0.3 is 19.8 Å². The summed E-state index contributed by atoms with van der Waals surface area (Å²) in [6.07, 6.45) is 2.96. The van der Waals surface area contributed by atoms with Gasteiger partial charge in [0.1, 0.15) is 11.3 Å². The average Bonchev–Trinajstić information content (AvgIpc) is 2.62. The number of benzene rings is 1. The Hall–Kier alpha value is -2.67. The summed E-state index contributed by atoms with van der Waals surface area (Å²) in [7, 11) is 0. The van der Waals surface area contributed by atoms with Crippen molar-refractivity contribution in [2.24, 2.45) is 0 Å². The average molecular weight is 343 g/mol. The second-order valence-corrected chi connectivity index (χ2v) is 5.93. The number of rotatable bonds is 5. The van der Waals surface area contributed by atoms with E-state index in [4.69, 9.17) is 4.74 Å². The molecule has 0 radical (unpaired) electrons. The molecule has 25 heavy (non-hydrogen) atoms. The largest absolute Gasteiger partial charge is 0.493 e. The minimum atomic E-state index is -1.04. The number of aliphatic hydroxyl groups is 1. The molecule has 1 aromatic heterocycles. The molecule has 0 bridgehead atoms. The van der Waals surface area contributed by atoms with E-state index in [2.05, 4.69) is 9.97 Å². The van der Waals surface area contributed by atoms with E-state index in [-0.39, 0.29) is 11.7 Å². The first-order chi connectivity index (χ1) is 12.1. The highest BCUT2D eigenvalue weighted by Crippen LogP contribution is 2.27. The van der Waals surface area contributed by atoms with Crippen LogP contribution in [0.5, 0.6) is 5.75 Å². The van der Waals surface area contributed by atoms with Gasteiger partial charge in [-0.2, -0.15) is 0 Å². The zero-order chi connectivity index (χ0) is 17.8. The quantitative estimate of drug-likeness (QED) is 0.859. The van der Waals surface area contributed by atoms with Crippen LogP contribution in [0.1, 0.15) is 30.1 Å². The van der Waals surface area contributed by atoms with E-state index >= 15 is 0 Å². The van der Waals surface area contributed by atoms with Gasteiger partial charge in [0.15, 0.2) is 0 Å². The zero-order valence-corrected chi connectivity index (χ0v) is 14.1. The predicted molar refractivity (Wildman–Crippen MR) is 93.1 cm³/mol. The van der Waals surface area contributed by atoms with Crippen LogP contribution in [0.15, 0.2) is 30.5 Å². The minimum Gasteiger partial charge on any atom is -0.493 e. The lowest BCUT2D eigenvalue weighted by molar-refractivity contribution is 0.0692. The molecule has 1 aliphatic heterocycles. The number of carbonyl (C=O) groups is 1. The summed E-state index contributed by atoms with van der Waals surface area (Å²) in [5.74, 6) is -0.159. The van der Waals surface area contributed by atoms with E-state index in [1.165, 1.54) is 0 Å². The number of piperidine rings is 1. The van der Waals surface area contributed by atoms with Crippen molar-refractivity contribution in [1.29, 1.82) is 0 Å². The molecule has 0 saturated carbocycles. The van der Waals surface area contributed by atoms with Crippen molar-refractivity contribution in [2.75, 3.05) is 24.6 Å². The Labute approximate surface area is 145 Å². The first-order valence-electron chi connectivity index (χ1n) is 8.35. The number of carboxylic acids is 1. The van der Waals surface area contributed by atoms with Crippen molar-refractivity contribution in [3.63, 3.8) is 0 Å². The maximum atomic E-state index is 11.5. The smallest absolute Gasteiger partial charge is 0.339 e. The standard InChI is InChI=1S/C18H21N3O4/c1-2-25-16-6-5-12(10-14(16)17(23)24)15-7-8-19-18(20-15)21-9-3-4-13(22)11-21/h5-8,10,13,22H,2-4,9,11H2,1H3,(H,23,24)/t13-/m0/s1. The Kier molecular flexibility index (Phi) is 5.14. The molecule has 2 heterocycles. The van der Waals surface area contributed by atoms with Gasteiger partial charge in [0.2, 0.25) is 5.95 Å². The van der Waals surface area contributed by atoms with E-state index in [1.807, 2.05) is 11.8 Å². The number of anilines is 1. The zero-order valence-electron chi connectivity index (χ0n) is 14.1. The summed E-state index contributed by atoms with van der Waals surface area (Å²) in [6.45, 7) is 3.51. The van der Waals surface area contributed by atoms with Gasteiger partial charge in [-0.1, -0.05) is 0 Å². The van der Waals surface area contributed by atoms with Crippen molar-refractivity contribution in [3.8, 4) is 17.0 Å². The number of carboxylic acid groups (broad SMARTS) is 1. The van der Waals surface area contributed by atoms with Crippen LogP contribution in [-0.4, -0.2) is 52.0 Å². The number of β-amino-alcohol motifs (C(OH)–C–C–N with tert-alkyl or cyclic N) is 1. The van der Waals surface area contributed by atoms with Crippen LogP contribution in [0.3, 0.4) is 0 Å². The van der Waals surface area contributed by atoms with Crippen molar-refractivity contribution < 1.29 is 19.7 Å². The Bertz CT molecular complexity index is 766. The van der Waals surface area contributed by atoms with Crippen LogP contribution >= 0.6 is 0 Å². The molecule has 7 nitrogen and oxygen atoms in total. The summed E-state index contributed by atoms with van der Waals surface area (Å²) in [4.78, 5) is 22.3. The molecule has 0 aliphatic carbocycles. The third-order valence-electron chi connectivity index (χ3n) is 4.13. The highest BCUT2D eigenvalue weighted by atomic mass is 16.5. The van der Waals surface area contributed by atoms with E-state index in [9.17, 15) is 15.0 Å². The van der Waals surface area contributed by atoms with Gasteiger partial charge in [0.05, 0.1) is 18.4 Å². The summed E-state index contributed by atoms with van der Waals surface area (Å²) < 4.78 is 5.37. The summed E-state index contributed by atoms with van der Waals surface area (Å²) in [6, 6.07) is 6.74. The monoisotopic (exact) mass is 343 g/mol. The molecule has 1 aromatic carbocycles. The summed E-state index contributed by atoms with van der Waals surface area (Å²) in [5, 5.41) is 19.2. The molecule has 1 atom stereocenters. The number of aromatic carboxylic acids is 1. The molecule has 1 saturated heterocycles. The lowest BCUT2D eigenvalue weighted by atomic mass is 10.1. The maximum absolute atomic E-state index is 11.5. The topological polar surface area (TPSA) is 95.8 Å². The van der Waals surface area contributed by atoms with Crippen LogP contribution in [0.4, 0.5) is 5.95 Å². The molecular formula is C18H21N3O4. The van der Waals surface area contributed by atoms with Crippen molar-refractivity contribution in [1.82, 2.24) is 9.97 Å². The number of aromatic nitrogens is 2. The van der Waals surface area contributed by atoms with E-state index in [0.29, 0.717) is 36.1 Å². The van der Waals surface area contributed by atoms with Gasteiger partial charge in [-0.25, -0.2) is 14.8 Å². The fourth-order valence-electron chi connectivity index (χ4n) is 2.94. The molecule has 132 valence electrons. The molecule has 2 aromatic rings. The highest BCUT2D eigenvalue weighted by molar-refractivity contribution is 5.92. The third-order valence-corrected chi connectivity index (χ3v) is 4.13. The number of hydrogen-bond donors (Lipinski definition) is 2. The van der Waals surface area contributed by atoms with Crippen LogP contribution in [0.2, 0.25) is 0 Å². The Morgan fingerprint density at radius 3 is 2.96 bits per heavy atom. The normalized spacial score (nSPS) is 17.4. The van der Waals surface area contributed by atoms with Crippen LogP contribution < -0.4 is 9.64 Å². The molecule has 2 N–H and O–H groups in total. The van der Waals surface area contributed by atoms with Gasteiger partial charge in [0.25, 0.3) is 0 Å². The third kappa shape index (κ3) is 3.88. The van der Waals surface area contributed by atoms with Crippen LogP contribution in [-0.2, 0) is 0 Å². The van der Waals surface area contributed by atoms with Gasteiger partial charge >= 0.3 is 5.97 Å². The molecule has 0 amide bonds. The lowest BCUT2D eigenvalue weighted by Crippen LogP contribution is -2.39. The fraction of sp³-hybridized carbons (Fsp3) is 0.389. The SMILES string of the molecule is CCOc1ccc(-c2ccnc(N3CCC[C@H](O)C3)n2)cc1C(=O)O. The number of nitrogens with zero attached hydrogens (tertiary/aromatic N) is 3. The molecule has 7 heteroatoms. The Balaban J connectivity index is 1.92. The first-order valence-corrected chi connectivity index (χ1v) is 8.35. The van der Waals surface area contributed by atoms with Crippen molar-refractivity contribution >= 4 is 11.9 Å². The molecule has 1 aliphatic rings. The van der Waals surface area contributed by atoms with Gasteiger partial charge in [-0.3, -0.25) is 0 Å². The summed E-state index contributed by atoms with van der Waals surface area (Å²) in [5.41, 5.74) is 1.42.